The van der Waals surface area contributed by atoms with Crippen LogP contribution in [0.15, 0.2) is 70.0 Å². The van der Waals surface area contributed by atoms with Gasteiger partial charge in [-0.2, -0.15) is 0 Å². The molecule has 0 aliphatic carbocycles. The van der Waals surface area contributed by atoms with Crippen LogP contribution in [0, 0.1) is 6.92 Å². The molecule has 3 aromatic rings. The lowest BCUT2D eigenvalue weighted by molar-refractivity contribution is 0.0747. The predicted molar refractivity (Wildman–Crippen MR) is 155 cm³/mol. The van der Waals surface area contributed by atoms with Crippen LogP contribution in [-0.2, 0) is 15.6 Å². The molecule has 3 aromatic carbocycles. The van der Waals surface area contributed by atoms with Crippen LogP contribution in [0.3, 0.4) is 0 Å². The number of carbonyl (C=O) groups is 1. The van der Waals surface area contributed by atoms with Gasteiger partial charge in [0.15, 0.2) is 15.6 Å². The highest BCUT2D eigenvalue weighted by Crippen LogP contribution is 2.42. The van der Waals surface area contributed by atoms with Gasteiger partial charge in [-0.05, 0) is 64.2 Å². The maximum atomic E-state index is 13.7. The van der Waals surface area contributed by atoms with Gasteiger partial charge in [0, 0.05) is 15.6 Å². The third kappa shape index (κ3) is 6.54. The first-order chi connectivity index (χ1) is 17.0. The average molecular weight is 624 g/mol. The van der Waals surface area contributed by atoms with Crippen molar-refractivity contribution >= 4 is 51.5 Å². The Balaban J connectivity index is 2.03. The molecule has 9 heteroatoms. The summed E-state index contributed by atoms with van der Waals surface area (Å²) in [5.74, 6) is -0.491. The van der Waals surface area contributed by atoms with Crippen LogP contribution in [0.25, 0.3) is 0 Å². The van der Waals surface area contributed by atoms with Crippen molar-refractivity contribution in [2.45, 2.75) is 62.6 Å². The van der Waals surface area contributed by atoms with Gasteiger partial charge in [-0.3, -0.25) is 4.79 Å². The molecule has 198 valence electrons. The Hall–Kier alpha value is -1.97. The summed E-state index contributed by atoms with van der Waals surface area (Å²) in [7, 11) is -6.25. The first-order valence-electron chi connectivity index (χ1n) is 11.8. The lowest BCUT2D eigenvalue weighted by Gasteiger charge is -2.37. The Labute approximate surface area is 234 Å². The molecule has 0 bridgehead atoms. The van der Waals surface area contributed by atoms with Crippen molar-refractivity contribution in [2.24, 2.45) is 0 Å². The van der Waals surface area contributed by atoms with Crippen molar-refractivity contribution in [3.63, 3.8) is 0 Å². The third-order valence-corrected chi connectivity index (χ3v) is 14.4. The SMILES string of the molecule is Cc1cc(C(O)C(=O)c2ccccc2)cc(S(=O)(=O)Cc2cccc(Cl)c2O[Si](C)(C)C(C)(C)C)c1Br. The van der Waals surface area contributed by atoms with E-state index in [0.717, 1.165) is 0 Å². The monoisotopic (exact) mass is 622 g/mol. The van der Waals surface area contributed by atoms with E-state index in [0.29, 0.717) is 31.9 Å². The number of halogens is 2. The first-order valence-corrected chi connectivity index (χ1v) is 17.5. The van der Waals surface area contributed by atoms with Crippen LogP contribution >= 0.6 is 27.5 Å². The predicted octanol–water partition coefficient (Wildman–Crippen LogP) is 7.69. The van der Waals surface area contributed by atoms with Gasteiger partial charge in [0.25, 0.3) is 8.32 Å². The van der Waals surface area contributed by atoms with Crippen LogP contribution in [0.2, 0.25) is 23.2 Å². The zero-order valence-electron chi connectivity index (χ0n) is 21.8. The molecule has 3 rings (SSSR count). The number of sulfone groups is 1. The van der Waals surface area contributed by atoms with Crippen molar-refractivity contribution in [2.75, 3.05) is 0 Å². The van der Waals surface area contributed by atoms with Gasteiger partial charge in [0.05, 0.1) is 15.7 Å². The van der Waals surface area contributed by atoms with Gasteiger partial charge in [-0.25, -0.2) is 8.42 Å². The Morgan fingerprint density at radius 1 is 1.08 bits per heavy atom. The third-order valence-electron chi connectivity index (χ3n) is 6.76. The van der Waals surface area contributed by atoms with Gasteiger partial charge in [-0.15, -0.1) is 0 Å². The van der Waals surface area contributed by atoms with Crippen LogP contribution in [0.4, 0.5) is 0 Å². The van der Waals surface area contributed by atoms with Gasteiger partial charge < -0.3 is 9.53 Å². The molecule has 5 nitrogen and oxygen atoms in total. The van der Waals surface area contributed by atoms with Crippen molar-refractivity contribution in [1.29, 1.82) is 0 Å². The summed E-state index contributed by atoms with van der Waals surface area (Å²) < 4.78 is 34.3. The molecule has 0 aromatic heterocycles. The summed E-state index contributed by atoms with van der Waals surface area (Å²) in [4.78, 5) is 12.8. The Kier molecular flexibility index (Phi) is 8.81. The molecule has 0 aliphatic heterocycles. The van der Waals surface area contributed by atoms with Crippen LogP contribution in [-0.4, -0.2) is 27.6 Å². The Morgan fingerprint density at radius 2 is 1.70 bits per heavy atom. The standard InChI is InChI=1S/C28H32BrClO5SSi/c1-18-15-21(26(32)25(31)19-11-8-7-9-12-19)16-23(24(18)29)36(33,34)17-20-13-10-14-22(30)27(20)35-37(5,6)28(2,3)4/h7-16,26,32H,17H2,1-6H3. The second-order valence-electron chi connectivity index (χ2n) is 10.6. The number of para-hydroxylation sites is 1. The molecule has 0 aliphatic rings. The van der Waals surface area contributed by atoms with E-state index < -0.39 is 30.0 Å². The fraction of sp³-hybridized carbons (Fsp3) is 0.321. The van der Waals surface area contributed by atoms with E-state index in [2.05, 4.69) is 49.8 Å². The van der Waals surface area contributed by atoms with Crippen molar-refractivity contribution in [3.8, 4) is 5.75 Å². The number of aliphatic hydroxyl groups excluding tert-OH is 1. The second kappa shape index (κ2) is 11.0. The van der Waals surface area contributed by atoms with E-state index in [1.165, 1.54) is 6.07 Å². The zero-order chi connectivity index (χ0) is 27.8. The molecule has 0 fully saturated rings. The number of benzene rings is 3. The summed E-state index contributed by atoms with van der Waals surface area (Å²) in [6.45, 7) is 12.2. The molecule has 0 saturated carbocycles. The van der Waals surface area contributed by atoms with Crippen LogP contribution < -0.4 is 4.43 Å². The molecular formula is C28H32BrClO5SSi. The molecule has 0 heterocycles. The minimum Gasteiger partial charge on any atom is -0.542 e. The summed E-state index contributed by atoms with van der Waals surface area (Å²) in [5.41, 5.74) is 1.58. The number of carbonyl (C=O) groups excluding carboxylic acids is 1. The first kappa shape index (κ1) is 29.6. The van der Waals surface area contributed by atoms with Crippen LogP contribution in [0.5, 0.6) is 5.75 Å². The van der Waals surface area contributed by atoms with Gasteiger partial charge in [0.1, 0.15) is 11.9 Å². The number of aryl methyl sites for hydroxylation is 1. The maximum absolute atomic E-state index is 13.7. The molecule has 1 atom stereocenters. The smallest absolute Gasteiger partial charge is 0.250 e. The normalized spacial score (nSPS) is 13.3. The minimum atomic E-state index is -3.94. The highest BCUT2D eigenvalue weighted by atomic mass is 79.9. The number of hydrogen-bond donors (Lipinski definition) is 1. The maximum Gasteiger partial charge on any atom is 0.250 e. The second-order valence-corrected chi connectivity index (χ2v) is 18.5. The van der Waals surface area contributed by atoms with E-state index in [9.17, 15) is 18.3 Å². The van der Waals surface area contributed by atoms with E-state index in [1.807, 2.05) is 0 Å². The van der Waals surface area contributed by atoms with Gasteiger partial charge >= 0.3 is 0 Å². The summed E-state index contributed by atoms with van der Waals surface area (Å²) >= 11 is 9.91. The summed E-state index contributed by atoms with van der Waals surface area (Å²) in [6.07, 6.45) is -1.51. The fourth-order valence-corrected chi connectivity index (χ4v) is 7.40. The van der Waals surface area contributed by atoms with E-state index in [-0.39, 0.29) is 21.3 Å². The topological polar surface area (TPSA) is 80.7 Å². The van der Waals surface area contributed by atoms with Gasteiger partial charge in [0.2, 0.25) is 0 Å². The molecule has 0 radical (unpaired) electrons. The fourth-order valence-electron chi connectivity index (χ4n) is 3.53. The molecule has 1 unspecified atom stereocenters. The van der Waals surface area contributed by atoms with Gasteiger partial charge in [-0.1, -0.05) is 80.9 Å². The van der Waals surface area contributed by atoms with Crippen LogP contribution in [0.1, 0.15) is 53.9 Å². The molecule has 0 spiro atoms. The highest BCUT2D eigenvalue weighted by Gasteiger charge is 2.40. The van der Waals surface area contributed by atoms with Crippen molar-refractivity contribution < 1.29 is 22.7 Å². The summed E-state index contributed by atoms with van der Waals surface area (Å²) in [5, 5.41) is 11.1. The molecule has 37 heavy (non-hydrogen) atoms. The highest BCUT2D eigenvalue weighted by molar-refractivity contribution is 9.10. The number of ketones is 1. The lowest BCUT2D eigenvalue weighted by atomic mass is 9.99. The molecule has 0 amide bonds. The Morgan fingerprint density at radius 3 is 2.30 bits per heavy atom. The number of hydrogen-bond acceptors (Lipinski definition) is 5. The number of rotatable bonds is 8. The number of Topliss-reactive ketones (excluding diaryl/α,β-unsaturated/α-hetero) is 1. The zero-order valence-corrected chi connectivity index (χ0v) is 26.0. The molecular weight excluding hydrogens is 592 g/mol. The van der Waals surface area contributed by atoms with E-state index in [1.54, 1.807) is 61.5 Å². The van der Waals surface area contributed by atoms with Crippen molar-refractivity contribution in [1.82, 2.24) is 0 Å². The Bertz CT molecular complexity index is 1420. The average Bonchev–Trinajstić information content (AvgIpc) is 2.81. The lowest BCUT2D eigenvalue weighted by Crippen LogP contribution is -2.44. The quantitative estimate of drug-likeness (QED) is 0.206. The minimum absolute atomic E-state index is 0.0133. The number of aliphatic hydroxyl groups is 1. The molecule has 0 saturated heterocycles. The van der Waals surface area contributed by atoms with E-state index in [4.69, 9.17) is 16.0 Å². The van der Waals surface area contributed by atoms with Crippen molar-refractivity contribution in [3.05, 3.63) is 92.4 Å². The largest absolute Gasteiger partial charge is 0.542 e. The van der Waals surface area contributed by atoms with E-state index >= 15 is 0 Å². The summed E-state index contributed by atoms with van der Waals surface area (Å²) in [6, 6.07) is 16.5. The molecule has 1 N–H and O–H groups in total.